The van der Waals surface area contributed by atoms with Gasteiger partial charge in [0.05, 0.1) is 0 Å². The summed E-state index contributed by atoms with van der Waals surface area (Å²) in [5, 5.41) is 0. The molecule has 2 aromatic rings. The van der Waals surface area contributed by atoms with Gasteiger partial charge in [-0.2, -0.15) is 13.2 Å². The van der Waals surface area contributed by atoms with E-state index in [1.807, 2.05) is 50.2 Å². The molecule has 0 aliphatic heterocycles. The Bertz CT molecular complexity index is 639. The Hall–Kier alpha value is -2.31. The Morgan fingerprint density at radius 2 is 1.70 bits per heavy atom. The molecule has 23 heavy (non-hydrogen) atoms. The highest BCUT2D eigenvalue weighted by molar-refractivity contribution is 5.46. The van der Waals surface area contributed by atoms with Crippen molar-refractivity contribution in [1.29, 1.82) is 0 Å². The van der Waals surface area contributed by atoms with Crippen molar-refractivity contribution in [3.05, 3.63) is 47.8 Å². The summed E-state index contributed by atoms with van der Waals surface area (Å²) in [6, 6.07) is 8.72. The first kappa shape index (κ1) is 17.1. The van der Waals surface area contributed by atoms with Crippen molar-refractivity contribution >= 4 is 11.6 Å². The van der Waals surface area contributed by atoms with Crippen molar-refractivity contribution in [2.45, 2.75) is 19.6 Å². The van der Waals surface area contributed by atoms with Crippen LogP contribution < -0.4 is 9.80 Å². The number of halogens is 3. The van der Waals surface area contributed by atoms with E-state index in [-0.39, 0.29) is 5.95 Å². The molecule has 1 aromatic heterocycles. The molecule has 0 aliphatic rings. The molecule has 0 amide bonds. The van der Waals surface area contributed by atoms with Gasteiger partial charge >= 0.3 is 6.18 Å². The van der Waals surface area contributed by atoms with Gasteiger partial charge in [0, 0.05) is 39.1 Å². The van der Waals surface area contributed by atoms with Crippen molar-refractivity contribution in [2.24, 2.45) is 0 Å². The van der Waals surface area contributed by atoms with Crippen LogP contribution in [0.1, 0.15) is 18.2 Å². The quantitative estimate of drug-likeness (QED) is 0.841. The Labute approximate surface area is 133 Å². The fraction of sp³-hybridized carbons (Fsp3) is 0.375. The van der Waals surface area contributed by atoms with Gasteiger partial charge < -0.3 is 9.80 Å². The van der Waals surface area contributed by atoms with E-state index in [1.54, 1.807) is 4.90 Å². The third-order valence-corrected chi connectivity index (χ3v) is 3.42. The summed E-state index contributed by atoms with van der Waals surface area (Å²) in [6.45, 7) is 2.82. The highest BCUT2D eigenvalue weighted by atomic mass is 19.4. The lowest BCUT2D eigenvalue weighted by atomic mass is 10.2. The van der Waals surface area contributed by atoms with E-state index < -0.39 is 11.9 Å². The third-order valence-electron chi connectivity index (χ3n) is 3.42. The third kappa shape index (κ3) is 4.34. The smallest absolute Gasteiger partial charge is 0.378 e. The first-order valence-corrected chi connectivity index (χ1v) is 7.22. The first-order chi connectivity index (χ1) is 10.8. The average molecular weight is 324 g/mol. The molecular formula is C16H19F3N4. The summed E-state index contributed by atoms with van der Waals surface area (Å²) in [4.78, 5) is 11.3. The molecule has 1 aromatic carbocycles. The summed E-state index contributed by atoms with van der Waals surface area (Å²) in [6.07, 6.45) is -3.33. The van der Waals surface area contributed by atoms with Crippen molar-refractivity contribution in [3.63, 3.8) is 0 Å². The molecule has 4 nitrogen and oxygen atoms in total. The molecule has 0 radical (unpaired) electrons. The van der Waals surface area contributed by atoms with Gasteiger partial charge in [-0.05, 0) is 30.7 Å². The van der Waals surface area contributed by atoms with Crippen molar-refractivity contribution in [2.75, 3.05) is 30.4 Å². The average Bonchev–Trinajstić information content (AvgIpc) is 2.52. The van der Waals surface area contributed by atoms with Crippen LogP contribution in [0.4, 0.5) is 24.8 Å². The molecule has 1 heterocycles. The van der Waals surface area contributed by atoms with Crippen molar-refractivity contribution < 1.29 is 13.2 Å². The number of hydrogen-bond acceptors (Lipinski definition) is 4. The normalized spacial score (nSPS) is 11.4. The summed E-state index contributed by atoms with van der Waals surface area (Å²) < 4.78 is 38.3. The second kappa shape index (κ2) is 6.85. The second-order valence-corrected chi connectivity index (χ2v) is 5.31. The highest BCUT2D eigenvalue weighted by Gasteiger charge is 2.33. The zero-order valence-corrected chi connectivity index (χ0v) is 13.3. The molecule has 0 unspecified atom stereocenters. The van der Waals surface area contributed by atoms with Crippen molar-refractivity contribution in [3.8, 4) is 0 Å². The molecule has 7 heteroatoms. The van der Waals surface area contributed by atoms with Gasteiger partial charge in [0.2, 0.25) is 5.95 Å². The fourth-order valence-corrected chi connectivity index (χ4v) is 2.10. The topological polar surface area (TPSA) is 32.3 Å². The largest absolute Gasteiger partial charge is 0.433 e. The van der Waals surface area contributed by atoms with Crippen LogP contribution >= 0.6 is 0 Å². The summed E-state index contributed by atoms with van der Waals surface area (Å²) >= 11 is 0. The predicted molar refractivity (Wildman–Crippen MR) is 84.5 cm³/mol. The maximum atomic E-state index is 12.8. The predicted octanol–water partition coefficient (Wildman–Crippen LogP) is 3.59. The van der Waals surface area contributed by atoms with Crippen LogP contribution in [-0.2, 0) is 12.7 Å². The van der Waals surface area contributed by atoms with Crippen LogP contribution in [0.15, 0.2) is 36.5 Å². The molecular weight excluding hydrogens is 305 g/mol. The number of rotatable bonds is 5. The first-order valence-electron chi connectivity index (χ1n) is 7.22. The SMILES string of the molecule is CCN(Cc1ccc(N(C)C)cc1)c1nccc(C(F)(F)F)n1. The lowest BCUT2D eigenvalue weighted by molar-refractivity contribution is -0.141. The molecule has 0 saturated carbocycles. The standard InChI is InChI=1S/C16H19F3N4/c1-4-23(11-12-5-7-13(8-6-12)22(2)3)15-20-10-9-14(21-15)16(17,18)19/h5-10H,4,11H2,1-3H3. The van der Waals surface area contributed by atoms with Gasteiger partial charge in [0.25, 0.3) is 0 Å². The van der Waals surface area contributed by atoms with E-state index in [0.29, 0.717) is 13.1 Å². The van der Waals surface area contributed by atoms with Crippen LogP contribution in [0.5, 0.6) is 0 Å². The van der Waals surface area contributed by atoms with Gasteiger partial charge in [0.15, 0.2) is 0 Å². The van der Waals surface area contributed by atoms with E-state index in [2.05, 4.69) is 9.97 Å². The van der Waals surface area contributed by atoms with Gasteiger partial charge in [-0.25, -0.2) is 9.97 Å². The second-order valence-electron chi connectivity index (χ2n) is 5.31. The van der Waals surface area contributed by atoms with E-state index in [9.17, 15) is 13.2 Å². The Balaban J connectivity index is 2.20. The summed E-state index contributed by atoms with van der Waals surface area (Å²) in [5.74, 6) is 0.0824. The van der Waals surface area contributed by atoms with E-state index >= 15 is 0 Å². The number of benzene rings is 1. The van der Waals surface area contributed by atoms with Crippen LogP contribution in [0.25, 0.3) is 0 Å². The van der Waals surface area contributed by atoms with Gasteiger partial charge in [-0.15, -0.1) is 0 Å². The molecule has 0 atom stereocenters. The molecule has 0 aliphatic carbocycles. The minimum atomic E-state index is -4.47. The minimum Gasteiger partial charge on any atom is -0.378 e. The monoisotopic (exact) mass is 324 g/mol. The van der Waals surface area contributed by atoms with Crippen LogP contribution in [-0.4, -0.2) is 30.6 Å². The van der Waals surface area contributed by atoms with Crippen LogP contribution in [0.2, 0.25) is 0 Å². The Kier molecular flexibility index (Phi) is 5.08. The lowest BCUT2D eigenvalue weighted by Crippen LogP contribution is -2.25. The maximum Gasteiger partial charge on any atom is 0.433 e. The van der Waals surface area contributed by atoms with E-state index in [0.717, 1.165) is 23.5 Å². The van der Waals surface area contributed by atoms with E-state index in [1.165, 1.54) is 0 Å². The van der Waals surface area contributed by atoms with E-state index in [4.69, 9.17) is 0 Å². The number of nitrogens with zero attached hydrogens (tertiary/aromatic N) is 4. The molecule has 0 spiro atoms. The Morgan fingerprint density at radius 3 is 2.22 bits per heavy atom. The zero-order chi connectivity index (χ0) is 17.0. The maximum absolute atomic E-state index is 12.8. The zero-order valence-electron chi connectivity index (χ0n) is 13.3. The minimum absolute atomic E-state index is 0.0824. The van der Waals surface area contributed by atoms with Crippen LogP contribution in [0.3, 0.4) is 0 Å². The fourth-order valence-electron chi connectivity index (χ4n) is 2.10. The number of alkyl halides is 3. The van der Waals surface area contributed by atoms with Gasteiger partial charge in [-0.1, -0.05) is 12.1 Å². The Morgan fingerprint density at radius 1 is 1.04 bits per heavy atom. The summed E-state index contributed by atoms with van der Waals surface area (Å²) in [7, 11) is 3.90. The molecule has 0 N–H and O–H groups in total. The molecule has 124 valence electrons. The highest BCUT2D eigenvalue weighted by Crippen LogP contribution is 2.28. The number of aromatic nitrogens is 2. The summed E-state index contributed by atoms with van der Waals surface area (Å²) in [5.41, 5.74) is 1.12. The molecule has 0 fully saturated rings. The molecule has 2 rings (SSSR count). The van der Waals surface area contributed by atoms with Gasteiger partial charge in [0.1, 0.15) is 5.69 Å². The lowest BCUT2D eigenvalue weighted by Gasteiger charge is -2.22. The number of hydrogen-bond donors (Lipinski definition) is 0. The van der Waals surface area contributed by atoms with Crippen molar-refractivity contribution in [1.82, 2.24) is 9.97 Å². The van der Waals surface area contributed by atoms with Gasteiger partial charge in [-0.3, -0.25) is 0 Å². The molecule has 0 saturated heterocycles. The number of anilines is 2. The van der Waals surface area contributed by atoms with Crippen LogP contribution in [0, 0.1) is 0 Å². The molecule has 0 bridgehead atoms.